The van der Waals surface area contributed by atoms with Crippen LogP contribution in [-0.2, 0) is 12.4 Å². The molecule has 3 rings (SSSR count). The van der Waals surface area contributed by atoms with E-state index < -0.39 is 0 Å². The van der Waals surface area contributed by atoms with E-state index in [-0.39, 0.29) is 0 Å². The van der Waals surface area contributed by atoms with Crippen molar-refractivity contribution in [2.45, 2.75) is 51.5 Å². The largest absolute Gasteiger partial charge is 0.327 e. The van der Waals surface area contributed by atoms with Crippen molar-refractivity contribution in [1.82, 2.24) is 9.55 Å². The van der Waals surface area contributed by atoms with Crippen molar-refractivity contribution in [2.24, 2.45) is 11.8 Å². The fourth-order valence-corrected chi connectivity index (χ4v) is 4.01. The van der Waals surface area contributed by atoms with Crippen LogP contribution in [-0.4, -0.2) is 9.55 Å². The molecule has 2 atom stereocenters. The lowest BCUT2D eigenvalue weighted by atomic mass is 9.81. The zero-order valence-corrected chi connectivity index (χ0v) is 14.0. The van der Waals surface area contributed by atoms with Crippen molar-refractivity contribution >= 4 is 34.2 Å². The third-order valence-corrected chi connectivity index (χ3v) is 5.19. The fraction of sp³-hybridized carbons (Fsp3) is 0.588. The molecule has 4 heteroatoms. The van der Waals surface area contributed by atoms with Gasteiger partial charge < -0.3 is 4.57 Å². The van der Waals surface area contributed by atoms with Crippen LogP contribution in [0.5, 0.6) is 0 Å². The van der Waals surface area contributed by atoms with Gasteiger partial charge in [0.15, 0.2) is 0 Å². The van der Waals surface area contributed by atoms with E-state index in [0.717, 1.165) is 40.3 Å². The number of aryl methyl sites for hydroxylation is 1. The molecule has 1 aliphatic carbocycles. The quantitative estimate of drug-likeness (QED) is 0.665. The Kier molecular flexibility index (Phi) is 4.75. The first-order valence-corrected chi connectivity index (χ1v) is 8.79. The number of rotatable bonds is 4. The molecule has 21 heavy (non-hydrogen) atoms. The van der Waals surface area contributed by atoms with E-state index >= 15 is 0 Å². The van der Waals surface area contributed by atoms with Gasteiger partial charge in [0.2, 0.25) is 0 Å². The minimum Gasteiger partial charge on any atom is -0.327 e. The van der Waals surface area contributed by atoms with Gasteiger partial charge >= 0.3 is 0 Å². The zero-order chi connectivity index (χ0) is 14.8. The molecule has 1 aliphatic rings. The van der Waals surface area contributed by atoms with Gasteiger partial charge in [-0.05, 0) is 42.9 Å². The third kappa shape index (κ3) is 3.37. The van der Waals surface area contributed by atoms with Crippen molar-refractivity contribution in [3.05, 3.63) is 29.0 Å². The van der Waals surface area contributed by atoms with Crippen LogP contribution in [0.4, 0.5) is 0 Å². The predicted octanol–water partition coefficient (Wildman–Crippen LogP) is 5.64. The molecule has 1 heterocycles. The summed E-state index contributed by atoms with van der Waals surface area (Å²) in [6.45, 7) is 3.39. The van der Waals surface area contributed by atoms with Crippen molar-refractivity contribution in [3.8, 4) is 0 Å². The number of hydrogen-bond acceptors (Lipinski definition) is 1. The molecule has 0 N–H and O–H groups in total. The van der Waals surface area contributed by atoms with Crippen molar-refractivity contribution in [1.29, 1.82) is 0 Å². The van der Waals surface area contributed by atoms with Crippen LogP contribution in [0.25, 0.3) is 11.0 Å². The summed E-state index contributed by atoms with van der Waals surface area (Å²) in [6, 6.07) is 5.92. The van der Waals surface area contributed by atoms with E-state index in [1.165, 1.54) is 32.1 Å². The summed E-state index contributed by atoms with van der Waals surface area (Å²) in [7, 11) is 0. The Morgan fingerprint density at radius 3 is 2.95 bits per heavy atom. The van der Waals surface area contributed by atoms with Crippen LogP contribution < -0.4 is 0 Å². The van der Waals surface area contributed by atoms with Crippen LogP contribution in [0, 0.1) is 11.8 Å². The Hall–Kier alpha value is -0.730. The average molecular weight is 325 g/mol. The summed E-state index contributed by atoms with van der Waals surface area (Å²) < 4.78 is 2.28. The number of hydrogen-bond donors (Lipinski definition) is 0. The summed E-state index contributed by atoms with van der Waals surface area (Å²) in [5.74, 6) is 3.14. The monoisotopic (exact) mass is 324 g/mol. The van der Waals surface area contributed by atoms with E-state index in [2.05, 4.69) is 22.5 Å². The second kappa shape index (κ2) is 6.58. The Bertz CT molecular complexity index is 621. The summed E-state index contributed by atoms with van der Waals surface area (Å²) in [5.41, 5.74) is 2.11. The maximum atomic E-state index is 6.07. The zero-order valence-electron chi connectivity index (χ0n) is 12.5. The van der Waals surface area contributed by atoms with Crippen LogP contribution in [0.15, 0.2) is 18.2 Å². The highest BCUT2D eigenvalue weighted by molar-refractivity contribution is 6.31. The fourth-order valence-electron chi connectivity index (χ4n) is 3.64. The third-order valence-electron chi connectivity index (χ3n) is 4.71. The topological polar surface area (TPSA) is 17.8 Å². The van der Waals surface area contributed by atoms with Crippen molar-refractivity contribution in [2.75, 3.05) is 0 Å². The minimum atomic E-state index is 0.452. The van der Waals surface area contributed by atoms with Gasteiger partial charge in [-0.1, -0.05) is 37.8 Å². The van der Waals surface area contributed by atoms with Gasteiger partial charge in [0.25, 0.3) is 0 Å². The standard InChI is InChI=1S/C17H22Cl2N2/c1-12-3-2-4-13(9-12)7-8-21-16-6-5-14(19)10-15(16)20-17(21)11-18/h5-6,10,12-13H,2-4,7-9,11H2,1H3. The summed E-state index contributed by atoms with van der Waals surface area (Å²) >= 11 is 12.1. The molecule has 0 saturated heterocycles. The van der Waals surface area contributed by atoms with Crippen LogP contribution in [0.2, 0.25) is 5.02 Å². The second-order valence-electron chi connectivity index (χ2n) is 6.37. The Balaban J connectivity index is 1.79. The van der Waals surface area contributed by atoms with Crippen LogP contribution >= 0.6 is 23.2 Å². The maximum absolute atomic E-state index is 6.07. The van der Waals surface area contributed by atoms with E-state index in [4.69, 9.17) is 23.2 Å². The van der Waals surface area contributed by atoms with Gasteiger partial charge in [-0.15, -0.1) is 11.6 Å². The van der Waals surface area contributed by atoms with E-state index in [0.29, 0.717) is 5.88 Å². The number of fused-ring (bicyclic) bond motifs is 1. The minimum absolute atomic E-state index is 0.452. The molecule has 2 aromatic rings. The van der Waals surface area contributed by atoms with Crippen LogP contribution in [0.3, 0.4) is 0 Å². The van der Waals surface area contributed by atoms with Gasteiger partial charge in [0.05, 0.1) is 16.9 Å². The summed E-state index contributed by atoms with van der Waals surface area (Å²) in [6.07, 6.45) is 6.75. The summed E-state index contributed by atoms with van der Waals surface area (Å²) in [4.78, 5) is 4.62. The van der Waals surface area contributed by atoms with Crippen LogP contribution in [0.1, 0.15) is 44.9 Å². The molecule has 1 aromatic heterocycles. The smallest absolute Gasteiger partial charge is 0.124 e. The first-order valence-electron chi connectivity index (χ1n) is 7.88. The van der Waals surface area contributed by atoms with Gasteiger partial charge in [0, 0.05) is 11.6 Å². The Morgan fingerprint density at radius 2 is 2.19 bits per heavy atom. The number of halogens is 2. The highest BCUT2D eigenvalue weighted by atomic mass is 35.5. The lowest BCUT2D eigenvalue weighted by Gasteiger charge is -2.27. The van der Waals surface area contributed by atoms with Gasteiger partial charge in [0.1, 0.15) is 5.82 Å². The number of alkyl halides is 1. The molecular formula is C17H22Cl2N2. The lowest BCUT2D eigenvalue weighted by molar-refractivity contribution is 0.261. The number of imidazole rings is 1. The predicted molar refractivity (Wildman–Crippen MR) is 90.0 cm³/mol. The number of nitrogens with zero attached hydrogens (tertiary/aromatic N) is 2. The average Bonchev–Trinajstić information content (AvgIpc) is 2.82. The first-order chi connectivity index (χ1) is 10.2. The maximum Gasteiger partial charge on any atom is 0.124 e. The van der Waals surface area contributed by atoms with E-state index in [1.54, 1.807) is 0 Å². The van der Waals surface area contributed by atoms with Gasteiger partial charge in [-0.25, -0.2) is 4.98 Å². The van der Waals surface area contributed by atoms with Crippen molar-refractivity contribution in [3.63, 3.8) is 0 Å². The first kappa shape index (κ1) is 15.2. The molecule has 114 valence electrons. The molecule has 0 radical (unpaired) electrons. The molecule has 0 spiro atoms. The molecule has 1 aromatic carbocycles. The molecule has 2 unspecified atom stereocenters. The number of aromatic nitrogens is 2. The lowest BCUT2D eigenvalue weighted by Crippen LogP contribution is -2.16. The SMILES string of the molecule is CC1CCCC(CCn2c(CCl)nc3cc(Cl)ccc32)C1. The summed E-state index contributed by atoms with van der Waals surface area (Å²) in [5, 5.41) is 0.731. The van der Waals surface area contributed by atoms with Gasteiger partial charge in [-0.3, -0.25) is 0 Å². The van der Waals surface area contributed by atoms with Gasteiger partial charge in [-0.2, -0.15) is 0 Å². The number of benzene rings is 1. The van der Waals surface area contributed by atoms with E-state index in [9.17, 15) is 0 Å². The molecule has 1 fully saturated rings. The van der Waals surface area contributed by atoms with Crippen molar-refractivity contribution < 1.29 is 0 Å². The Morgan fingerprint density at radius 1 is 1.33 bits per heavy atom. The Labute approximate surface area is 136 Å². The van der Waals surface area contributed by atoms with E-state index in [1.807, 2.05) is 12.1 Å². The molecular weight excluding hydrogens is 303 g/mol. The highest BCUT2D eigenvalue weighted by Gasteiger charge is 2.19. The normalized spacial score (nSPS) is 22.8. The molecule has 2 nitrogen and oxygen atoms in total. The molecule has 0 aliphatic heterocycles. The highest BCUT2D eigenvalue weighted by Crippen LogP contribution is 2.31. The molecule has 0 amide bonds. The second-order valence-corrected chi connectivity index (χ2v) is 7.08. The molecule has 1 saturated carbocycles. The molecule has 0 bridgehead atoms.